The molecule has 0 aliphatic carbocycles. The molecule has 28 heavy (non-hydrogen) atoms. The van der Waals surface area contributed by atoms with E-state index in [4.69, 9.17) is 0 Å². The smallest absolute Gasteiger partial charge is 0.387 e. The minimum absolute atomic E-state index is 0.0264. The first kappa shape index (κ1) is 19.4. The zero-order valence-corrected chi connectivity index (χ0v) is 14.4. The third-order valence-electron chi connectivity index (χ3n) is 4.02. The minimum atomic E-state index is -2.95. The summed E-state index contributed by atoms with van der Waals surface area (Å²) in [5, 5.41) is 2.70. The number of nitrogens with one attached hydrogen (secondary N) is 1. The van der Waals surface area contributed by atoms with E-state index in [9.17, 15) is 22.4 Å². The standard InChI is InChI=1S/C21H15F4NO2/c22-15-8-11-17(18(23)12-15)20(27)26-19(13-4-2-1-3-5-13)14-6-9-16(10-7-14)28-21(24)25/h1-12,19,21H,(H,26,27)/t19-/m1/s1. The lowest BCUT2D eigenvalue weighted by molar-refractivity contribution is -0.0498. The van der Waals surface area contributed by atoms with Crippen LogP contribution in [0.5, 0.6) is 5.75 Å². The number of amides is 1. The van der Waals surface area contributed by atoms with Crippen molar-refractivity contribution in [3.63, 3.8) is 0 Å². The van der Waals surface area contributed by atoms with E-state index in [-0.39, 0.29) is 11.3 Å². The van der Waals surface area contributed by atoms with E-state index in [2.05, 4.69) is 10.1 Å². The third-order valence-corrected chi connectivity index (χ3v) is 4.02. The number of hydrogen-bond donors (Lipinski definition) is 1. The number of carbonyl (C=O) groups excluding carboxylic acids is 1. The molecule has 0 saturated heterocycles. The lowest BCUT2D eigenvalue weighted by atomic mass is 9.98. The monoisotopic (exact) mass is 389 g/mol. The van der Waals surface area contributed by atoms with E-state index in [0.29, 0.717) is 17.2 Å². The highest BCUT2D eigenvalue weighted by atomic mass is 19.3. The topological polar surface area (TPSA) is 38.3 Å². The van der Waals surface area contributed by atoms with E-state index in [0.717, 1.165) is 12.1 Å². The first-order valence-corrected chi connectivity index (χ1v) is 8.29. The van der Waals surface area contributed by atoms with Gasteiger partial charge in [-0.1, -0.05) is 42.5 Å². The molecule has 3 aromatic carbocycles. The van der Waals surface area contributed by atoms with E-state index in [1.165, 1.54) is 24.3 Å². The molecule has 0 heterocycles. The molecule has 0 spiro atoms. The zero-order valence-electron chi connectivity index (χ0n) is 14.4. The summed E-state index contributed by atoms with van der Waals surface area (Å²) < 4.78 is 56.0. The second-order valence-corrected chi connectivity index (χ2v) is 5.89. The van der Waals surface area contributed by atoms with Gasteiger partial charge < -0.3 is 10.1 Å². The molecule has 0 bridgehead atoms. The molecule has 0 unspecified atom stereocenters. The molecule has 0 saturated carbocycles. The van der Waals surface area contributed by atoms with Gasteiger partial charge in [0.15, 0.2) is 0 Å². The Kier molecular flexibility index (Phi) is 5.93. The Morgan fingerprint density at radius 1 is 0.857 bits per heavy atom. The van der Waals surface area contributed by atoms with Crippen molar-refractivity contribution in [2.45, 2.75) is 12.7 Å². The Hall–Kier alpha value is -3.35. The molecule has 7 heteroatoms. The van der Waals surface area contributed by atoms with Crippen LogP contribution in [-0.2, 0) is 0 Å². The summed E-state index contributed by atoms with van der Waals surface area (Å²) in [7, 11) is 0. The highest BCUT2D eigenvalue weighted by Gasteiger charge is 2.20. The van der Waals surface area contributed by atoms with Gasteiger partial charge >= 0.3 is 6.61 Å². The van der Waals surface area contributed by atoms with Gasteiger partial charge in [-0.2, -0.15) is 8.78 Å². The molecule has 3 aromatic rings. The predicted octanol–water partition coefficient (Wildman–Crippen LogP) is 5.09. The number of benzene rings is 3. The van der Waals surface area contributed by atoms with Crippen molar-refractivity contribution in [3.05, 3.63) is 101 Å². The Labute approximate surface area is 158 Å². The van der Waals surface area contributed by atoms with Gasteiger partial charge in [-0.15, -0.1) is 0 Å². The van der Waals surface area contributed by atoms with Gasteiger partial charge in [-0.3, -0.25) is 4.79 Å². The fraction of sp³-hybridized carbons (Fsp3) is 0.0952. The van der Waals surface area contributed by atoms with Crippen LogP contribution >= 0.6 is 0 Å². The van der Waals surface area contributed by atoms with Gasteiger partial charge in [0.25, 0.3) is 5.91 Å². The normalized spacial score (nSPS) is 11.9. The Bertz CT molecular complexity index is 946. The molecule has 1 amide bonds. The summed E-state index contributed by atoms with van der Waals surface area (Å²) in [6.07, 6.45) is 0. The zero-order chi connectivity index (χ0) is 20.1. The Morgan fingerprint density at radius 2 is 1.50 bits per heavy atom. The average molecular weight is 389 g/mol. The molecule has 3 rings (SSSR count). The van der Waals surface area contributed by atoms with Crippen molar-refractivity contribution in [2.75, 3.05) is 0 Å². The van der Waals surface area contributed by atoms with Crippen LogP contribution in [0.25, 0.3) is 0 Å². The molecule has 144 valence electrons. The van der Waals surface area contributed by atoms with E-state index < -0.39 is 30.2 Å². The summed E-state index contributed by atoms with van der Waals surface area (Å²) in [6, 6.07) is 16.6. The van der Waals surface area contributed by atoms with Gasteiger partial charge in [-0.05, 0) is 35.4 Å². The van der Waals surface area contributed by atoms with Crippen LogP contribution in [0.3, 0.4) is 0 Å². The number of rotatable bonds is 6. The molecule has 0 aromatic heterocycles. The predicted molar refractivity (Wildman–Crippen MR) is 95.2 cm³/mol. The van der Waals surface area contributed by atoms with Gasteiger partial charge in [0.2, 0.25) is 0 Å². The second-order valence-electron chi connectivity index (χ2n) is 5.89. The summed E-state index contributed by atoms with van der Waals surface area (Å²) in [6.45, 7) is -2.95. The summed E-state index contributed by atoms with van der Waals surface area (Å²) >= 11 is 0. The van der Waals surface area contributed by atoms with Crippen LogP contribution in [0.2, 0.25) is 0 Å². The Morgan fingerprint density at radius 3 is 2.11 bits per heavy atom. The summed E-state index contributed by atoms with van der Waals surface area (Å²) in [4.78, 5) is 12.5. The number of halogens is 4. The largest absolute Gasteiger partial charge is 0.435 e. The summed E-state index contributed by atoms with van der Waals surface area (Å²) in [5.41, 5.74) is 0.963. The van der Waals surface area contributed by atoms with Crippen molar-refractivity contribution in [2.24, 2.45) is 0 Å². The molecule has 0 fully saturated rings. The number of alkyl halides is 2. The highest BCUT2D eigenvalue weighted by molar-refractivity contribution is 5.95. The van der Waals surface area contributed by atoms with Crippen molar-refractivity contribution < 1.29 is 27.1 Å². The number of ether oxygens (including phenoxy) is 1. The second kappa shape index (κ2) is 8.56. The number of carbonyl (C=O) groups is 1. The molecular formula is C21H15F4NO2. The van der Waals surface area contributed by atoms with Crippen molar-refractivity contribution in [3.8, 4) is 5.75 Å². The molecule has 3 nitrogen and oxygen atoms in total. The highest BCUT2D eigenvalue weighted by Crippen LogP contribution is 2.25. The maximum atomic E-state index is 13.9. The lowest BCUT2D eigenvalue weighted by Gasteiger charge is -2.20. The fourth-order valence-corrected chi connectivity index (χ4v) is 2.73. The van der Waals surface area contributed by atoms with Crippen LogP contribution in [0, 0.1) is 11.6 Å². The van der Waals surface area contributed by atoms with E-state index in [1.807, 2.05) is 0 Å². The first-order valence-electron chi connectivity index (χ1n) is 8.29. The average Bonchev–Trinajstić information content (AvgIpc) is 2.67. The van der Waals surface area contributed by atoms with E-state index >= 15 is 0 Å². The van der Waals surface area contributed by atoms with Crippen LogP contribution in [-0.4, -0.2) is 12.5 Å². The summed E-state index contributed by atoms with van der Waals surface area (Å²) in [5.74, 6) is -2.53. The van der Waals surface area contributed by atoms with Crippen LogP contribution in [0.15, 0.2) is 72.8 Å². The van der Waals surface area contributed by atoms with Gasteiger partial charge in [0.05, 0.1) is 11.6 Å². The molecule has 0 aliphatic heterocycles. The lowest BCUT2D eigenvalue weighted by Crippen LogP contribution is -2.30. The maximum Gasteiger partial charge on any atom is 0.387 e. The maximum absolute atomic E-state index is 13.9. The fourth-order valence-electron chi connectivity index (χ4n) is 2.73. The third kappa shape index (κ3) is 4.68. The molecule has 0 radical (unpaired) electrons. The van der Waals surface area contributed by atoms with E-state index in [1.54, 1.807) is 30.3 Å². The van der Waals surface area contributed by atoms with Crippen LogP contribution in [0.4, 0.5) is 17.6 Å². The van der Waals surface area contributed by atoms with Crippen molar-refractivity contribution in [1.82, 2.24) is 5.32 Å². The van der Waals surface area contributed by atoms with Crippen LogP contribution in [0.1, 0.15) is 27.5 Å². The number of hydrogen-bond acceptors (Lipinski definition) is 2. The molecule has 0 aliphatic rings. The SMILES string of the molecule is O=C(N[C@H](c1ccccc1)c1ccc(OC(F)F)cc1)c1ccc(F)cc1F. The first-order chi connectivity index (χ1) is 13.4. The quantitative estimate of drug-likeness (QED) is 0.597. The van der Waals surface area contributed by atoms with Gasteiger partial charge in [-0.25, -0.2) is 8.78 Å². The van der Waals surface area contributed by atoms with Crippen LogP contribution < -0.4 is 10.1 Å². The molecule has 1 N–H and O–H groups in total. The van der Waals surface area contributed by atoms with Gasteiger partial charge in [0, 0.05) is 6.07 Å². The van der Waals surface area contributed by atoms with Crippen molar-refractivity contribution in [1.29, 1.82) is 0 Å². The molecule has 1 atom stereocenters. The van der Waals surface area contributed by atoms with Gasteiger partial charge in [0.1, 0.15) is 17.4 Å². The molecular weight excluding hydrogens is 374 g/mol. The minimum Gasteiger partial charge on any atom is -0.435 e. The van der Waals surface area contributed by atoms with Crippen molar-refractivity contribution >= 4 is 5.91 Å². The Balaban J connectivity index is 1.90.